The van der Waals surface area contributed by atoms with Crippen molar-refractivity contribution in [3.63, 3.8) is 0 Å². The predicted molar refractivity (Wildman–Crippen MR) is 144 cm³/mol. The minimum absolute atomic E-state index is 0.0164. The summed E-state index contributed by atoms with van der Waals surface area (Å²) in [5.74, 6) is -0.0219. The van der Waals surface area contributed by atoms with Gasteiger partial charge in [0.25, 0.3) is 11.6 Å². The first-order valence-corrected chi connectivity index (χ1v) is 11.9. The average molecular weight is 567 g/mol. The third-order valence-corrected chi connectivity index (χ3v) is 6.20. The molecule has 0 fully saturated rings. The van der Waals surface area contributed by atoms with Crippen LogP contribution in [0, 0.1) is 28.4 Å². The van der Waals surface area contributed by atoms with Crippen molar-refractivity contribution in [1.29, 1.82) is 5.26 Å². The fraction of sp³-hybridized carbons (Fsp3) is 0.111. The fourth-order valence-corrected chi connectivity index (χ4v) is 4.20. The smallest absolute Gasteiger partial charge is 0.269 e. The van der Waals surface area contributed by atoms with Gasteiger partial charge in [0.15, 0.2) is 0 Å². The lowest BCUT2D eigenvalue weighted by Gasteiger charge is -2.14. The highest BCUT2D eigenvalue weighted by molar-refractivity contribution is 9.10. The van der Waals surface area contributed by atoms with Crippen LogP contribution in [0.3, 0.4) is 0 Å². The van der Waals surface area contributed by atoms with Crippen LogP contribution >= 0.6 is 27.5 Å². The summed E-state index contributed by atoms with van der Waals surface area (Å²) in [6.45, 7) is 5.68. The number of nitrogens with one attached hydrogen (secondary N) is 1. The molecule has 0 aliphatic rings. The number of allylic oxidation sites excluding steroid dienone is 1. The lowest BCUT2D eigenvalue weighted by atomic mass is 10.0. The molecule has 0 spiro atoms. The number of nitriles is 1. The Morgan fingerprint density at radius 2 is 2.03 bits per heavy atom. The Balaban J connectivity index is 1.87. The van der Waals surface area contributed by atoms with Crippen molar-refractivity contribution in [2.45, 2.75) is 20.0 Å². The molecule has 0 aromatic heterocycles. The number of ether oxygens (including phenoxy) is 1. The van der Waals surface area contributed by atoms with E-state index in [9.17, 15) is 20.2 Å². The molecule has 0 bridgehead atoms. The molecule has 1 amide bonds. The molecule has 1 N–H and O–H groups in total. The van der Waals surface area contributed by atoms with E-state index in [4.69, 9.17) is 16.3 Å². The number of anilines is 1. The van der Waals surface area contributed by atoms with Crippen LogP contribution in [0.15, 0.2) is 77.3 Å². The summed E-state index contributed by atoms with van der Waals surface area (Å²) in [6.07, 6.45) is 3.65. The number of hydrogen-bond acceptors (Lipinski definition) is 5. The first-order valence-electron chi connectivity index (χ1n) is 10.7. The molecular weight excluding hydrogens is 546 g/mol. The quantitative estimate of drug-likeness (QED) is 0.0971. The number of rotatable bonds is 9. The number of halogens is 2. The number of nitro groups is 1. The Morgan fingerprint density at radius 3 is 2.72 bits per heavy atom. The van der Waals surface area contributed by atoms with Gasteiger partial charge in [-0.3, -0.25) is 14.9 Å². The molecule has 0 aliphatic heterocycles. The van der Waals surface area contributed by atoms with Crippen molar-refractivity contribution in [2.75, 3.05) is 5.32 Å². The van der Waals surface area contributed by atoms with Gasteiger partial charge in [-0.25, -0.2) is 0 Å². The zero-order chi connectivity index (χ0) is 26.2. The highest BCUT2D eigenvalue weighted by Gasteiger charge is 2.15. The SMILES string of the molecule is C=CCc1cc(/C=C(/C#N)C(=O)Nc2cccc(Cl)c2C)cc(Br)c1OCc1cccc([N+](=O)[O-])c1. The molecule has 3 aromatic rings. The van der Waals surface area contributed by atoms with E-state index in [-0.39, 0.29) is 17.9 Å². The van der Waals surface area contributed by atoms with E-state index in [0.29, 0.717) is 44.0 Å². The fourth-order valence-electron chi connectivity index (χ4n) is 3.39. The molecule has 0 saturated heterocycles. The number of nitrogens with zero attached hydrogens (tertiary/aromatic N) is 2. The van der Waals surface area contributed by atoms with Crippen LogP contribution in [0.25, 0.3) is 6.08 Å². The van der Waals surface area contributed by atoms with Gasteiger partial charge in [0, 0.05) is 22.8 Å². The Bertz CT molecular complexity index is 1410. The van der Waals surface area contributed by atoms with Crippen LogP contribution in [0.2, 0.25) is 5.02 Å². The average Bonchev–Trinajstić information content (AvgIpc) is 2.85. The van der Waals surface area contributed by atoms with Crippen molar-refractivity contribution < 1.29 is 14.5 Å². The zero-order valence-corrected chi connectivity index (χ0v) is 21.6. The summed E-state index contributed by atoms with van der Waals surface area (Å²) in [5, 5.41) is 23.9. The molecule has 182 valence electrons. The van der Waals surface area contributed by atoms with Gasteiger partial charge in [0.2, 0.25) is 0 Å². The van der Waals surface area contributed by atoms with E-state index in [2.05, 4.69) is 27.8 Å². The van der Waals surface area contributed by atoms with Crippen LogP contribution < -0.4 is 10.1 Å². The molecule has 0 saturated carbocycles. The Labute approximate surface area is 221 Å². The Kier molecular flexibility index (Phi) is 9.01. The van der Waals surface area contributed by atoms with E-state index < -0.39 is 10.8 Å². The van der Waals surface area contributed by atoms with Gasteiger partial charge in [0.1, 0.15) is 24.0 Å². The highest BCUT2D eigenvalue weighted by Crippen LogP contribution is 2.33. The van der Waals surface area contributed by atoms with E-state index in [1.807, 2.05) is 6.07 Å². The van der Waals surface area contributed by atoms with Crippen molar-refractivity contribution in [3.05, 3.63) is 115 Å². The summed E-state index contributed by atoms with van der Waals surface area (Å²) >= 11 is 9.62. The Morgan fingerprint density at radius 1 is 1.28 bits per heavy atom. The van der Waals surface area contributed by atoms with Gasteiger partial charge < -0.3 is 10.1 Å². The molecule has 3 aromatic carbocycles. The number of non-ortho nitro benzene ring substituents is 1. The van der Waals surface area contributed by atoms with Crippen molar-refractivity contribution in [2.24, 2.45) is 0 Å². The standard InChI is InChI=1S/C27H21BrClN3O4/c1-3-6-20-11-19(12-21(15-30)27(33)31-25-10-5-9-24(29)17(25)2)14-23(28)26(20)36-16-18-7-4-8-22(13-18)32(34)35/h3-5,7-14H,1,6,16H2,2H3,(H,31,33)/b21-12-. The molecule has 0 radical (unpaired) electrons. The van der Waals surface area contributed by atoms with Gasteiger partial charge in [-0.05, 0) is 81.9 Å². The van der Waals surface area contributed by atoms with E-state index in [1.165, 1.54) is 18.2 Å². The third kappa shape index (κ3) is 6.60. The summed E-state index contributed by atoms with van der Waals surface area (Å²) in [4.78, 5) is 23.3. The van der Waals surface area contributed by atoms with Crippen molar-refractivity contribution >= 4 is 50.9 Å². The largest absolute Gasteiger partial charge is 0.487 e. The van der Waals surface area contributed by atoms with Crippen LogP contribution in [0.4, 0.5) is 11.4 Å². The summed E-state index contributed by atoms with van der Waals surface area (Å²) < 4.78 is 6.58. The molecule has 0 atom stereocenters. The number of amides is 1. The number of carbonyl (C=O) groups excluding carboxylic acids is 1. The molecule has 0 unspecified atom stereocenters. The van der Waals surface area contributed by atoms with Crippen molar-refractivity contribution in [3.8, 4) is 11.8 Å². The normalized spacial score (nSPS) is 10.9. The second-order valence-corrected chi connectivity index (χ2v) is 9.00. The third-order valence-electron chi connectivity index (χ3n) is 5.20. The van der Waals surface area contributed by atoms with E-state index in [0.717, 1.165) is 5.56 Å². The minimum atomic E-state index is -0.560. The summed E-state index contributed by atoms with van der Waals surface area (Å²) in [6, 6.07) is 16.8. The number of benzene rings is 3. The topological polar surface area (TPSA) is 105 Å². The molecule has 0 aliphatic carbocycles. The van der Waals surface area contributed by atoms with Gasteiger partial charge >= 0.3 is 0 Å². The van der Waals surface area contributed by atoms with E-state index >= 15 is 0 Å². The van der Waals surface area contributed by atoms with Crippen LogP contribution in [-0.2, 0) is 17.8 Å². The predicted octanol–water partition coefficient (Wildman–Crippen LogP) is 7.17. The minimum Gasteiger partial charge on any atom is -0.487 e. The number of nitro benzene ring substituents is 1. The first kappa shape index (κ1) is 26.7. The molecule has 0 heterocycles. The van der Waals surface area contributed by atoms with E-state index in [1.54, 1.807) is 55.5 Å². The maximum absolute atomic E-state index is 12.8. The first-order chi connectivity index (χ1) is 17.2. The second-order valence-electron chi connectivity index (χ2n) is 7.74. The van der Waals surface area contributed by atoms with Gasteiger partial charge in [-0.15, -0.1) is 6.58 Å². The van der Waals surface area contributed by atoms with Crippen LogP contribution in [0.5, 0.6) is 5.75 Å². The van der Waals surface area contributed by atoms with Crippen LogP contribution in [-0.4, -0.2) is 10.8 Å². The summed E-state index contributed by atoms with van der Waals surface area (Å²) in [5.41, 5.74) is 3.13. The molecule has 3 rings (SSSR count). The molecule has 7 nitrogen and oxygen atoms in total. The van der Waals surface area contributed by atoms with Crippen molar-refractivity contribution in [1.82, 2.24) is 0 Å². The Hall–Kier alpha value is -3.93. The maximum atomic E-state index is 12.8. The lowest BCUT2D eigenvalue weighted by Crippen LogP contribution is -2.14. The van der Waals surface area contributed by atoms with Crippen LogP contribution in [0.1, 0.15) is 22.3 Å². The number of carbonyl (C=O) groups is 1. The maximum Gasteiger partial charge on any atom is 0.269 e. The molecule has 9 heteroatoms. The van der Waals surface area contributed by atoms with Gasteiger partial charge in [-0.2, -0.15) is 5.26 Å². The summed E-state index contributed by atoms with van der Waals surface area (Å²) in [7, 11) is 0. The number of hydrogen-bond donors (Lipinski definition) is 1. The molecular formula is C27H21BrClN3O4. The second kappa shape index (κ2) is 12.2. The monoisotopic (exact) mass is 565 g/mol. The molecule has 36 heavy (non-hydrogen) atoms. The highest BCUT2D eigenvalue weighted by atomic mass is 79.9. The zero-order valence-electron chi connectivity index (χ0n) is 19.3. The lowest BCUT2D eigenvalue weighted by molar-refractivity contribution is -0.384. The van der Waals surface area contributed by atoms with Gasteiger partial charge in [-0.1, -0.05) is 35.9 Å². The van der Waals surface area contributed by atoms with Gasteiger partial charge in [0.05, 0.1) is 9.40 Å².